The van der Waals surface area contributed by atoms with Gasteiger partial charge >= 0.3 is 0 Å². The minimum Gasteiger partial charge on any atom is -0.456 e. The van der Waals surface area contributed by atoms with Crippen molar-refractivity contribution in [2.24, 2.45) is 0 Å². The van der Waals surface area contributed by atoms with E-state index in [2.05, 4.69) is 128 Å². The summed E-state index contributed by atoms with van der Waals surface area (Å²) in [5.74, 6) is 0. The Hall–Kier alpha value is -4.88. The number of furan rings is 1. The zero-order valence-corrected chi connectivity index (χ0v) is 21.0. The average molecular weight is 485 g/mol. The van der Waals surface area contributed by atoms with Gasteiger partial charge in [-0.05, 0) is 73.6 Å². The van der Waals surface area contributed by atoms with E-state index in [0.717, 1.165) is 16.6 Å². The summed E-state index contributed by atoms with van der Waals surface area (Å²) in [6.07, 6.45) is 0. The van der Waals surface area contributed by atoms with Crippen LogP contribution < -0.4 is 0 Å². The lowest BCUT2D eigenvalue weighted by molar-refractivity contribution is 0.669. The lowest BCUT2D eigenvalue weighted by Crippen LogP contribution is -1.92. The molecule has 0 N–H and O–H groups in total. The molecule has 1 heterocycles. The first-order chi connectivity index (χ1) is 18.8. The van der Waals surface area contributed by atoms with Crippen molar-refractivity contribution < 1.29 is 4.42 Å². The molecule has 0 radical (unpaired) electrons. The van der Waals surface area contributed by atoms with E-state index in [4.69, 9.17) is 4.42 Å². The fraction of sp³-hybridized carbons (Fsp3) is 0.0270. The van der Waals surface area contributed by atoms with Crippen LogP contribution in [0.15, 0.2) is 132 Å². The normalized spacial score (nSPS) is 11.8. The summed E-state index contributed by atoms with van der Waals surface area (Å²) in [7, 11) is 0. The van der Waals surface area contributed by atoms with Crippen molar-refractivity contribution in [3.8, 4) is 22.3 Å². The number of benzene rings is 7. The first-order valence-corrected chi connectivity index (χ1v) is 13.1. The Morgan fingerprint density at radius 3 is 1.84 bits per heavy atom. The van der Waals surface area contributed by atoms with Gasteiger partial charge in [0.25, 0.3) is 0 Å². The van der Waals surface area contributed by atoms with Gasteiger partial charge in [0.05, 0.1) is 0 Å². The lowest BCUT2D eigenvalue weighted by Gasteiger charge is -2.19. The first kappa shape index (κ1) is 21.2. The molecule has 7 aromatic carbocycles. The van der Waals surface area contributed by atoms with Crippen LogP contribution in [0.2, 0.25) is 0 Å². The Labute approximate surface area is 220 Å². The predicted molar refractivity (Wildman–Crippen MR) is 162 cm³/mol. The number of fused-ring (bicyclic) bond motifs is 6. The van der Waals surface area contributed by atoms with E-state index in [1.807, 2.05) is 6.07 Å². The third-order valence-electron chi connectivity index (χ3n) is 7.91. The van der Waals surface area contributed by atoms with Crippen LogP contribution in [0, 0.1) is 6.92 Å². The van der Waals surface area contributed by atoms with Gasteiger partial charge in [-0.15, -0.1) is 0 Å². The smallest absolute Gasteiger partial charge is 0.136 e. The summed E-state index contributed by atoms with van der Waals surface area (Å²) in [6, 6.07) is 46.0. The highest BCUT2D eigenvalue weighted by molar-refractivity contribution is 6.27. The fourth-order valence-corrected chi connectivity index (χ4v) is 6.30. The number of hydrogen-bond acceptors (Lipinski definition) is 1. The van der Waals surface area contributed by atoms with Gasteiger partial charge in [-0.1, -0.05) is 121 Å². The molecule has 0 bridgehead atoms. The van der Waals surface area contributed by atoms with E-state index in [0.29, 0.717) is 0 Å². The zero-order valence-electron chi connectivity index (χ0n) is 21.0. The summed E-state index contributed by atoms with van der Waals surface area (Å²) >= 11 is 0. The quantitative estimate of drug-likeness (QED) is 0.222. The molecule has 0 unspecified atom stereocenters. The minimum absolute atomic E-state index is 0.923. The zero-order chi connectivity index (χ0) is 25.2. The van der Waals surface area contributed by atoms with Gasteiger partial charge in [-0.25, -0.2) is 0 Å². The molecule has 0 aliphatic rings. The summed E-state index contributed by atoms with van der Waals surface area (Å²) in [4.78, 5) is 0. The predicted octanol–water partition coefficient (Wildman–Crippen LogP) is 10.7. The van der Waals surface area contributed by atoms with E-state index >= 15 is 0 Å². The largest absolute Gasteiger partial charge is 0.456 e. The molecule has 1 aromatic heterocycles. The van der Waals surface area contributed by atoms with E-state index in [-0.39, 0.29) is 0 Å². The molecule has 178 valence electrons. The summed E-state index contributed by atoms with van der Waals surface area (Å²) in [5, 5.41) is 9.92. The van der Waals surface area contributed by atoms with Crippen LogP contribution in [0.25, 0.3) is 76.5 Å². The first-order valence-electron chi connectivity index (χ1n) is 13.1. The van der Waals surface area contributed by atoms with Crippen molar-refractivity contribution in [2.45, 2.75) is 6.92 Å². The van der Waals surface area contributed by atoms with Gasteiger partial charge in [0.2, 0.25) is 0 Å². The van der Waals surface area contributed by atoms with Crippen LogP contribution in [-0.2, 0) is 0 Å². The molecule has 0 saturated heterocycles. The molecule has 1 heteroatoms. The Kier molecular flexibility index (Phi) is 4.50. The fourth-order valence-electron chi connectivity index (χ4n) is 6.30. The molecule has 8 aromatic rings. The van der Waals surface area contributed by atoms with Gasteiger partial charge in [-0.3, -0.25) is 0 Å². The molecule has 0 fully saturated rings. The van der Waals surface area contributed by atoms with Gasteiger partial charge in [0.1, 0.15) is 11.2 Å². The van der Waals surface area contributed by atoms with Crippen molar-refractivity contribution in [1.82, 2.24) is 0 Å². The number of para-hydroxylation sites is 1. The Morgan fingerprint density at radius 2 is 1.00 bits per heavy atom. The maximum absolute atomic E-state index is 6.30. The van der Waals surface area contributed by atoms with Gasteiger partial charge in [0.15, 0.2) is 0 Å². The van der Waals surface area contributed by atoms with E-state index < -0.39 is 0 Å². The SMILES string of the molecule is Cc1ccc2c(-c3cccc4ccccc34)c3ccccc3c(-c3cccc4oc5ccccc5c34)c2c1. The van der Waals surface area contributed by atoms with Crippen LogP contribution in [0.5, 0.6) is 0 Å². The van der Waals surface area contributed by atoms with Crippen LogP contribution in [0.3, 0.4) is 0 Å². The Morgan fingerprint density at radius 1 is 0.421 bits per heavy atom. The molecule has 0 amide bonds. The molecular formula is C37H24O. The lowest BCUT2D eigenvalue weighted by atomic mass is 9.83. The Balaban J connectivity index is 1.60. The van der Waals surface area contributed by atoms with E-state index in [1.165, 1.54) is 65.5 Å². The maximum Gasteiger partial charge on any atom is 0.136 e. The van der Waals surface area contributed by atoms with Gasteiger partial charge < -0.3 is 4.42 Å². The molecule has 1 nitrogen and oxygen atoms in total. The summed E-state index contributed by atoms with van der Waals surface area (Å²) in [6.45, 7) is 2.18. The molecule has 0 aliphatic heterocycles. The standard InChI is InChI=1S/C37H24O/c1-23-20-21-29-32(22-23)36(31-17-9-19-34-37(31)30-15-6-7-18-33(30)38-34)28-14-5-4-13-27(28)35(29)26-16-8-11-24-10-2-3-12-25(24)26/h2-22H,1H3. The highest BCUT2D eigenvalue weighted by Crippen LogP contribution is 2.47. The second kappa shape index (κ2) is 8.06. The third-order valence-corrected chi connectivity index (χ3v) is 7.91. The molecule has 0 saturated carbocycles. The van der Waals surface area contributed by atoms with Crippen LogP contribution in [0.4, 0.5) is 0 Å². The van der Waals surface area contributed by atoms with Gasteiger partial charge in [0, 0.05) is 10.8 Å². The van der Waals surface area contributed by atoms with Crippen LogP contribution in [0.1, 0.15) is 5.56 Å². The number of rotatable bonds is 2. The van der Waals surface area contributed by atoms with Crippen molar-refractivity contribution >= 4 is 54.3 Å². The second-order valence-electron chi connectivity index (χ2n) is 10.1. The minimum atomic E-state index is 0.923. The average Bonchev–Trinajstić information content (AvgIpc) is 3.35. The van der Waals surface area contributed by atoms with Crippen molar-refractivity contribution in [2.75, 3.05) is 0 Å². The number of aryl methyl sites for hydroxylation is 1. The highest BCUT2D eigenvalue weighted by atomic mass is 16.3. The molecule has 0 spiro atoms. The molecule has 0 aliphatic carbocycles. The second-order valence-corrected chi connectivity index (χ2v) is 10.1. The van der Waals surface area contributed by atoms with Crippen molar-refractivity contribution in [3.05, 3.63) is 133 Å². The van der Waals surface area contributed by atoms with Crippen LogP contribution >= 0.6 is 0 Å². The van der Waals surface area contributed by atoms with Crippen molar-refractivity contribution in [3.63, 3.8) is 0 Å². The monoisotopic (exact) mass is 484 g/mol. The topological polar surface area (TPSA) is 13.1 Å². The molecular weight excluding hydrogens is 460 g/mol. The maximum atomic E-state index is 6.30. The van der Waals surface area contributed by atoms with E-state index in [9.17, 15) is 0 Å². The van der Waals surface area contributed by atoms with E-state index in [1.54, 1.807) is 0 Å². The summed E-state index contributed by atoms with van der Waals surface area (Å²) < 4.78 is 6.30. The third kappa shape index (κ3) is 2.99. The molecule has 8 rings (SSSR count). The van der Waals surface area contributed by atoms with Crippen molar-refractivity contribution in [1.29, 1.82) is 0 Å². The molecule has 0 atom stereocenters. The Bertz CT molecular complexity index is 2190. The van der Waals surface area contributed by atoms with Crippen LogP contribution in [-0.4, -0.2) is 0 Å². The number of hydrogen-bond donors (Lipinski definition) is 0. The molecule has 38 heavy (non-hydrogen) atoms. The highest BCUT2D eigenvalue weighted by Gasteiger charge is 2.20. The van der Waals surface area contributed by atoms with Gasteiger partial charge in [-0.2, -0.15) is 0 Å². The summed E-state index contributed by atoms with van der Waals surface area (Å²) in [5.41, 5.74) is 8.14.